The van der Waals surface area contributed by atoms with Crippen LogP contribution in [0.25, 0.3) is 0 Å². The van der Waals surface area contributed by atoms with Gasteiger partial charge in [-0.2, -0.15) is 0 Å². The van der Waals surface area contributed by atoms with Gasteiger partial charge >= 0.3 is 0 Å². The van der Waals surface area contributed by atoms with E-state index in [9.17, 15) is 0 Å². The molecule has 0 atom stereocenters. The fraction of sp³-hybridized carbons (Fsp3) is 0.524. The molecule has 1 aliphatic rings. The van der Waals surface area contributed by atoms with Gasteiger partial charge in [-0.3, -0.25) is 0 Å². The topological polar surface area (TPSA) is 72.7 Å². The molecule has 0 amide bonds. The highest BCUT2D eigenvalue weighted by molar-refractivity contribution is 14.0. The van der Waals surface area contributed by atoms with Gasteiger partial charge in [-0.05, 0) is 38.7 Å². The summed E-state index contributed by atoms with van der Waals surface area (Å²) < 4.78 is 13.9. The summed E-state index contributed by atoms with van der Waals surface area (Å²) in [6.45, 7) is 5.00. The predicted octanol–water partition coefficient (Wildman–Crippen LogP) is 3.59. The highest BCUT2D eigenvalue weighted by atomic mass is 127. The summed E-state index contributed by atoms with van der Waals surface area (Å²) in [4.78, 5) is 8.81. The molecule has 0 saturated heterocycles. The van der Waals surface area contributed by atoms with Crippen LogP contribution in [0.2, 0.25) is 0 Å². The average Bonchev–Trinajstić information content (AvgIpc) is 3.41. The molecule has 0 aliphatic heterocycles. The van der Waals surface area contributed by atoms with Crippen LogP contribution in [0.1, 0.15) is 38.2 Å². The van der Waals surface area contributed by atoms with Crippen LogP contribution >= 0.6 is 24.0 Å². The Morgan fingerprint density at radius 1 is 1.28 bits per heavy atom. The fourth-order valence-electron chi connectivity index (χ4n) is 3.38. The van der Waals surface area contributed by atoms with Crippen LogP contribution in [0, 0.1) is 0 Å². The van der Waals surface area contributed by atoms with Gasteiger partial charge in [0.2, 0.25) is 0 Å². The fourth-order valence-corrected chi connectivity index (χ4v) is 3.38. The molecule has 0 bridgehead atoms. The zero-order valence-corrected chi connectivity index (χ0v) is 19.6. The summed E-state index contributed by atoms with van der Waals surface area (Å²) in [6, 6.07) is 6.00. The van der Waals surface area contributed by atoms with Crippen LogP contribution in [-0.2, 0) is 13.1 Å². The second-order valence-corrected chi connectivity index (χ2v) is 6.90. The standard InChI is InChI=1S/C21H31N5O2.HI/c1-3-23-21(24-12-14-26-13-11-22-16-26)25-15-17-7-6-10-19(27-2)20(17)28-18-8-4-5-9-18;/h6-7,10-11,13,16,18H,3-5,8-9,12,14-15H2,1-2H3,(H2,23,24,25);1H. The van der Waals surface area contributed by atoms with Crippen LogP contribution in [0.4, 0.5) is 0 Å². The second kappa shape index (κ2) is 12.6. The van der Waals surface area contributed by atoms with E-state index in [0.29, 0.717) is 6.54 Å². The van der Waals surface area contributed by atoms with Crippen molar-refractivity contribution >= 4 is 29.9 Å². The number of methoxy groups -OCH3 is 1. The Hall–Kier alpha value is -1.97. The van der Waals surface area contributed by atoms with E-state index in [1.807, 2.05) is 29.2 Å². The van der Waals surface area contributed by atoms with Crippen molar-refractivity contribution in [1.82, 2.24) is 20.2 Å². The Morgan fingerprint density at radius 3 is 2.79 bits per heavy atom. The zero-order chi connectivity index (χ0) is 19.6. The maximum Gasteiger partial charge on any atom is 0.191 e. The Kier molecular flexibility index (Phi) is 10.1. The third-order valence-electron chi connectivity index (χ3n) is 4.84. The third-order valence-corrected chi connectivity index (χ3v) is 4.84. The van der Waals surface area contributed by atoms with Crippen molar-refractivity contribution in [2.24, 2.45) is 4.99 Å². The van der Waals surface area contributed by atoms with Crippen molar-refractivity contribution in [2.75, 3.05) is 20.2 Å². The number of ether oxygens (including phenoxy) is 2. The van der Waals surface area contributed by atoms with E-state index in [1.165, 1.54) is 12.8 Å². The van der Waals surface area contributed by atoms with Crippen molar-refractivity contribution < 1.29 is 9.47 Å². The van der Waals surface area contributed by atoms with Crippen molar-refractivity contribution in [3.8, 4) is 11.5 Å². The molecule has 0 spiro atoms. The average molecular weight is 513 g/mol. The number of nitrogens with zero attached hydrogens (tertiary/aromatic N) is 3. The van der Waals surface area contributed by atoms with E-state index >= 15 is 0 Å². The molecule has 1 heterocycles. The number of halogens is 1. The van der Waals surface area contributed by atoms with Crippen LogP contribution in [0.5, 0.6) is 11.5 Å². The number of para-hydroxylation sites is 1. The van der Waals surface area contributed by atoms with Crippen LogP contribution in [0.15, 0.2) is 41.9 Å². The number of imidazole rings is 1. The lowest BCUT2D eigenvalue weighted by Crippen LogP contribution is -2.38. The first-order chi connectivity index (χ1) is 13.8. The Bertz CT molecular complexity index is 746. The normalized spacial score (nSPS) is 14.3. The monoisotopic (exact) mass is 513 g/mol. The molecule has 0 unspecified atom stereocenters. The van der Waals surface area contributed by atoms with Crippen LogP contribution in [0.3, 0.4) is 0 Å². The summed E-state index contributed by atoms with van der Waals surface area (Å²) in [5, 5.41) is 6.66. The molecule has 0 radical (unpaired) electrons. The van der Waals surface area contributed by atoms with Crippen molar-refractivity contribution in [3.05, 3.63) is 42.5 Å². The molecule has 1 aliphatic carbocycles. The number of hydrogen-bond donors (Lipinski definition) is 2. The molecule has 1 aromatic heterocycles. The van der Waals surface area contributed by atoms with Crippen molar-refractivity contribution in [1.29, 1.82) is 0 Å². The van der Waals surface area contributed by atoms with Crippen molar-refractivity contribution in [2.45, 2.75) is 51.8 Å². The second-order valence-electron chi connectivity index (χ2n) is 6.90. The summed E-state index contributed by atoms with van der Waals surface area (Å²) in [7, 11) is 1.69. The molecule has 2 N–H and O–H groups in total. The van der Waals surface area contributed by atoms with Crippen molar-refractivity contribution in [3.63, 3.8) is 0 Å². The molecular formula is C21H32IN5O2. The van der Waals surface area contributed by atoms with E-state index in [4.69, 9.17) is 14.5 Å². The molecule has 1 fully saturated rings. The van der Waals surface area contributed by atoms with Gasteiger partial charge in [0.15, 0.2) is 17.5 Å². The Morgan fingerprint density at radius 2 is 2.10 bits per heavy atom. The quantitative estimate of drug-likeness (QED) is 0.305. The van der Waals surface area contributed by atoms with Crippen LogP contribution < -0.4 is 20.1 Å². The number of aliphatic imine (C=N–C) groups is 1. The number of benzene rings is 1. The molecule has 29 heavy (non-hydrogen) atoms. The maximum absolute atomic E-state index is 6.31. The lowest BCUT2D eigenvalue weighted by molar-refractivity contribution is 0.198. The van der Waals surface area contributed by atoms with Gasteiger partial charge in [0.25, 0.3) is 0 Å². The molecule has 3 rings (SSSR count). The summed E-state index contributed by atoms with van der Waals surface area (Å²) in [5.41, 5.74) is 1.04. The Labute approximate surface area is 190 Å². The largest absolute Gasteiger partial charge is 0.493 e. The first kappa shape index (κ1) is 23.3. The minimum absolute atomic E-state index is 0. The van der Waals surface area contributed by atoms with E-state index < -0.39 is 0 Å². The number of rotatable bonds is 9. The number of nitrogens with one attached hydrogen (secondary N) is 2. The minimum Gasteiger partial charge on any atom is -0.493 e. The van der Waals surface area contributed by atoms with Gasteiger partial charge in [0.05, 0.1) is 26.1 Å². The van der Waals surface area contributed by atoms with Gasteiger partial charge in [-0.15, -0.1) is 24.0 Å². The molecule has 7 nitrogen and oxygen atoms in total. The van der Waals surface area contributed by atoms with E-state index in [1.54, 1.807) is 13.3 Å². The third kappa shape index (κ3) is 7.09. The summed E-state index contributed by atoms with van der Waals surface area (Å²) >= 11 is 0. The molecule has 1 aromatic carbocycles. The highest BCUT2D eigenvalue weighted by Gasteiger charge is 2.20. The molecule has 160 valence electrons. The molecule has 2 aromatic rings. The molecule has 1 saturated carbocycles. The maximum atomic E-state index is 6.31. The molecule has 8 heteroatoms. The lowest BCUT2D eigenvalue weighted by atomic mass is 10.1. The zero-order valence-electron chi connectivity index (χ0n) is 17.3. The van der Waals surface area contributed by atoms with Gasteiger partial charge in [-0.25, -0.2) is 9.98 Å². The molecular weight excluding hydrogens is 481 g/mol. The SMILES string of the molecule is CCNC(=NCc1cccc(OC)c1OC1CCCC1)NCCn1ccnc1.I. The summed E-state index contributed by atoms with van der Waals surface area (Å²) in [6.07, 6.45) is 10.5. The number of guanidine groups is 1. The van der Waals surface area contributed by atoms with Gasteiger partial charge in [-0.1, -0.05) is 12.1 Å². The van der Waals surface area contributed by atoms with Gasteiger partial charge in [0, 0.05) is 37.6 Å². The number of hydrogen-bond acceptors (Lipinski definition) is 4. The van der Waals surface area contributed by atoms with E-state index in [0.717, 1.165) is 55.5 Å². The highest BCUT2D eigenvalue weighted by Crippen LogP contribution is 2.35. The first-order valence-electron chi connectivity index (χ1n) is 10.1. The summed E-state index contributed by atoms with van der Waals surface area (Å²) in [5.74, 6) is 2.39. The first-order valence-corrected chi connectivity index (χ1v) is 10.1. The van der Waals surface area contributed by atoms with E-state index in [2.05, 4.69) is 28.6 Å². The van der Waals surface area contributed by atoms with Gasteiger partial charge < -0.3 is 24.7 Å². The minimum atomic E-state index is 0. The van der Waals surface area contributed by atoms with E-state index in [-0.39, 0.29) is 30.1 Å². The lowest BCUT2D eigenvalue weighted by Gasteiger charge is -2.19. The van der Waals surface area contributed by atoms with Gasteiger partial charge in [0.1, 0.15) is 0 Å². The van der Waals surface area contributed by atoms with Crippen LogP contribution in [-0.4, -0.2) is 41.8 Å². The predicted molar refractivity (Wildman–Crippen MR) is 126 cm³/mol. The number of aromatic nitrogens is 2. The smallest absolute Gasteiger partial charge is 0.191 e. The Balaban J connectivity index is 0.00000300.